The average Bonchev–Trinajstić information content (AvgIpc) is 2.74. The topological polar surface area (TPSA) is 108 Å². The Bertz CT molecular complexity index is 887. The van der Waals surface area contributed by atoms with Gasteiger partial charge in [0.2, 0.25) is 11.8 Å². The minimum Gasteiger partial charge on any atom is -0.508 e. The van der Waals surface area contributed by atoms with Gasteiger partial charge in [0.05, 0.1) is 0 Å². The lowest BCUT2D eigenvalue weighted by molar-refractivity contribution is -0.141. The number of likely N-dealkylation sites (N-methyl/N-ethyl adjacent to an activating group) is 1. The number of phenolic OH excluding ortho intramolecular Hbond substituents is 1. The molecule has 0 radical (unpaired) electrons. The second-order valence-corrected chi connectivity index (χ2v) is 11.1. The van der Waals surface area contributed by atoms with Crippen molar-refractivity contribution in [2.75, 3.05) is 7.05 Å². The van der Waals surface area contributed by atoms with Crippen LogP contribution < -0.4 is 10.6 Å². The summed E-state index contributed by atoms with van der Waals surface area (Å²) in [6.45, 7) is 11.0. The van der Waals surface area contributed by atoms with Crippen molar-refractivity contribution < 1.29 is 24.2 Å². The van der Waals surface area contributed by atoms with Crippen molar-refractivity contribution in [1.29, 1.82) is 0 Å². The van der Waals surface area contributed by atoms with Crippen LogP contribution in [0.15, 0.2) is 18.2 Å². The first kappa shape index (κ1) is 28.5. The summed E-state index contributed by atoms with van der Waals surface area (Å²) in [5.74, 6) is -0.395. The van der Waals surface area contributed by atoms with Gasteiger partial charge in [0, 0.05) is 13.1 Å². The zero-order valence-corrected chi connectivity index (χ0v) is 22.3. The first-order valence-corrected chi connectivity index (χ1v) is 12.6. The lowest BCUT2D eigenvalue weighted by atomic mass is 9.94. The van der Waals surface area contributed by atoms with Crippen LogP contribution >= 0.6 is 0 Å². The zero-order valence-electron chi connectivity index (χ0n) is 22.3. The van der Waals surface area contributed by atoms with E-state index >= 15 is 0 Å². The summed E-state index contributed by atoms with van der Waals surface area (Å²) in [7, 11) is 1.58. The van der Waals surface area contributed by atoms with Crippen LogP contribution in [0.5, 0.6) is 5.75 Å². The van der Waals surface area contributed by atoms with Gasteiger partial charge >= 0.3 is 6.09 Å². The van der Waals surface area contributed by atoms with Crippen LogP contribution in [0.25, 0.3) is 0 Å². The highest BCUT2D eigenvalue weighted by atomic mass is 16.6. The molecule has 0 heterocycles. The Hall–Kier alpha value is -2.77. The molecular formula is C27H43N3O5. The minimum atomic E-state index is -0.904. The second-order valence-electron chi connectivity index (χ2n) is 11.1. The Balaban J connectivity index is 2.33. The van der Waals surface area contributed by atoms with Gasteiger partial charge < -0.3 is 25.4 Å². The van der Waals surface area contributed by atoms with Crippen LogP contribution in [-0.4, -0.2) is 52.6 Å². The lowest BCUT2D eigenvalue weighted by Crippen LogP contribution is -2.53. The third kappa shape index (κ3) is 8.75. The van der Waals surface area contributed by atoms with Gasteiger partial charge in [0.25, 0.3) is 0 Å². The fourth-order valence-electron chi connectivity index (χ4n) is 4.44. The van der Waals surface area contributed by atoms with Gasteiger partial charge in [-0.15, -0.1) is 0 Å². The Morgan fingerprint density at radius 3 is 2.31 bits per heavy atom. The smallest absolute Gasteiger partial charge is 0.408 e. The quantitative estimate of drug-likeness (QED) is 0.495. The number of hydrogen-bond donors (Lipinski definition) is 3. The normalized spacial score (nSPS) is 16.3. The van der Waals surface area contributed by atoms with Crippen molar-refractivity contribution in [3.8, 4) is 5.75 Å². The summed E-state index contributed by atoms with van der Waals surface area (Å²) in [6.07, 6.45) is 4.86. The van der Waals surface area contributed by atoms with E-state index in [-0.39, 0.29) is 29.5 Å². The molecule has 8 heteroatoms. The third-order valence-electron chi connectivity index (χ3n) is 6.17. The molecule has 35 heavy (non-hydrogen) atoms. The number of nitrogens with zero attached hydrogens (tertiary/aromatic N) is 1. The lowest BCUT2D eigenvalue weighted by Gasteiger charge is -2.33. The van der Waals surface area contributed by atoms with E-state index in [1.807, 2.05) is 13.8 Å². The molecular weight excluding hydrogens is 446 g/mol. The summed E-state index contributed by atoms with van der Waals surface area (Å²) >= 11 is 0. The van der Waals surface area contributed by atoms with Crippen molar-refractivity contribution in [3.05, 3.63) is 29.3 Å². The number of carbonyl (C=O) groups is 3. The van der Waals surface area contributed by atoms with Crippen molar-refractivity contribution in [2.45, 2.75) is 104 Å². The number of alkyl carbamates (subject to hydrolysis) is 1. The number of rotatable bonds is 8. The highest BCUT2D eigenvalue weighted by Crippen LogP contribution is 2.27. The van der Waals surface area contributed by atoms with Crippen LogP contribution in [0.2, 0.25) is 0 Å². The maximum atomic E-state index is 13.7. The third-order valence-corrected chi connectivity index (χ3v) is 6.17. The highest BCUT2D eigenvalue weighted by Gasteiger charge is 2.35. The van der Waals surface area contributed by atoms with Gasteiger partial charge in [-0.1, -0.05) is 39.2 Å². The number of carbonyl (C=O) groups excluding carboxylic acids is 3. The molecule has 3 amide bonds. The summed E-state index contributed by atoms with van der Waals surface area (Å²) in [6, 6.07) is 3.25. The number of ether oxygens (including phenoxy) is 1. The van der Waals surface area contributed by atoms with Gasteiger partial charge in [-0.25, -0.2) is 4.79 Å². The number of aromatic hydroxyl groups is 1. The van der Waals surface area contributed by atoms with E-state index < -0.39 is 23.8 Å². The van der Waals surface area contributed by atoms with Crippen molar-refractivity contribution >= 4 is 17.9 Å². The predicted octanol–water partition coefficient (Wildman–Crippen LogP) is 4.59. The minimum absolute atomic E-state index is 0.0758. The van der Waals surface area contributed by atoms with E-state index in [2.05, 4.69) is 10.6 Å². The predicted molar refractivity (Wildman–Crippen MR) is 136 cm³/mol. The van der Waals surface area contributed by atoms with Crippen molar-refractivity contribution in [3.63, 3.8) is 0 Å². The Labute approximate surface area is 209 Å². The Morgan fingerprint density at radius 1 is 1.14 bits per heavy atom. The highest BCUT2D eigenvalue weighted by molar-refractivity contribution is 5.92. The molecule has 3 N–H and O–H groups in total. The SMILES string of the molecule is Cc1cc(C(C(=O)NC2CCCCC2)N(C)C(=O)C(CC(C)C)NC(=O)OC(C)(C)C)ccc1O. The Kier molecular flexibility index (Phi) is 9.98. The summed E-state index contributed by atoms with van der Waals surface area (Å²) in [5.41, 5.74) is 0.516. The number of nitrogens with one attached hydrogen (secondary N) is 2. The molecule has 0 aliphatic heterocycles. The molecule has 1 aliphatic carbocycles. The maximum absolute atomic E-state index is 13.7. The maximum Gasteiger partial charge on any atom is 0.408 e. The van der Waals surface area contributed by atoms with Crippen LogP contribution in [-0.2, 0) is 14.3 Å². The molecule has 0 bridgehead atoms. The number of benzene rings is 1. The number of amides is 3. The van der Waals surface area contributed by atoms with Gasteiger partial charge in [-0.05, 0) is 76.1 Å². The van der Waals surface area contributed by atoms with Crippen molar-refractivity contribution in [2.24, 2.45) is 5.92 Å². The van der Waals surface area contributed by atoms with Gasteiger partial charge in [-0.3, -0.25) is 9.59 Å². The van der Waals surface area contributed by atoms with E-state index in [0.717, 1.165) is 25.7 Å². The zero-order chi connectivity index (χ0) is 26.3. The fourth-order valence-corrected chi connectivity index (χ4v) is 4.44. The molecule has 1 saturated carbocycles. The molecule has 0 saturated heterocycles. The molecule has 1 aromatic carbocycles. The van der Waals surface area contributed by atoms with E-state index in [1.54, 1.807) is 46.9 Å². The van der Waals surface area contributed by atoms with E-state index in [1.165, 1.54) is 17.4 Å². The monoisotopic (exact) mass is 489 g/mol. The summed E-state index contributed by atoms with van der Waals surface area (Å²) < 4.78 is 5.37. The molecule has 8 nitrogen and oxygen atoms in total. The molecule has 1 aromatic rings. The fraction of sp³-hybridized carbons (Fsp3) is 0.667. The molecule has 196 valence electrons. The molecule has 2 atom stereocenters. The molecule has 0 spiro atoms. The standard InChI is InChI=1S/C27H43N3O5/c1-17(2)15-21(29-26(34)35-27(4,5)6)25(33)30(7)23(19-13-14-22(31)18(3)16-19)24(32)28-20-11-9-8-10-12-20/h13-14,16-17,20-21,23,31H,8-12,15H2,1-7H3,(H,28,32)(H,29,34). The molecule has 0 aromatic heterocycles. The van der Waals surface area contributed by atoms with Gasteiger partial charge in [0.15, 0.2) is 0 Å². The number of hydrogen-bond acceptors (Lipinski definition) is 5. The first-order valence-electron chi connectivity index (χ1n) is 12.6. The van der Waals surface area contributed by atoms with E-state index in [4.69, 9.17) is 4.74 Å². The van der Waals surface area contributed by atoms with E-state index in [9.17, 15) is 19.5 Å². The molecule has 2 unspecified atom stereocenters. The molecule has 1 fully saturated rings. The Morgan fingerprint density at radius 2 is 1.77 bits per heavy atom. The van der Waals surface area contributed by atoms with E-state index in [0.29, 0.717) is 17.5 Å². The first-order chi connectivity index (χ1) is 16.3. The summed E-state index contributed by atoms with van der Waals surface area (Å²) in [5, 5.41) is 15.8. The van der Waals surface area contributed by atoms with Crippen LogP contribution in [0.1, 0.15) is 90.3 Å². The summed E-state index contributed by atoms with van der Waals surface area (Å²) in [4.78, 5) is 41.1. The number of aryl methyl sites for hydroxylation is 1. The van der Waals surface area contributed by atoms with Crippen LogP contribution in [0.3, 0.4) is 0 Å². The molecule has 1 aliphatic rings. The molecule has 2 rings (SSSR count). The van der Waals surface area contributed by atoms with Crippen LogP contribution in [0, 0.1) is 12.8 Å². The van der Waals surface area contributed by atoms with Gasteiger partial charge in [0.1, 0.15) is 23.4 Å². The number of phenols is 1. The average molecular weight is 490 g/mol. The largest absolute Gasteiger partial charge is 0.508 e. The van der Waals surface area contributed by atoms with Crippen LogP contribution in [0.4, 0.5) is 4.79 Å². The van der Waals surface area contributed by atoms with Gasteiger partial charge in [-0.2, -0.15) is 0 Å². The second kappa shape index (κ2) is 12.3. The van der Waals surface area contributed by atoms with Crippen molar-refractivity contribution in [1.82, 2.24) is 15.5 Å².